The maximum absolute atomic E-state index is 12.2. The van der Waals surface area contributed by atoms with Crippen LogP contribution in [-0.2, 0) is 0 Å². The second kappa shape index (κ2) is 5.22. The summed E-state index contributed by atoms with van der Waals surface area (Å²) in [5.74, 6) is 0.345. The first-order valence-corrected chi connectivity index (χ1v) is 6.32. The van der Waals surface area contributed by atoms with Gasteiger partial charge in [0, 0.05) is 29.6 Å². The zero-order valence-electron chi connectivity index (χ0n) is 11.0. The number of rotatable bonds is 5. The number of para-hydroxylation sites is 1. The molecule has 0 bridgehead atoms. The molecule has 2 aromatic rings. The highest BCUT2D eigenvalue weighted by Gasteiger charge is 2.19. The predicted octanol–water partition coefficient (Wildman–Crippen LogP) is 3.70. The average molecular weight is 260 g/mol. The molecule has 0 aliphatic heterocycles. The van der Waals surface area contributed by atoms with Gasteiger partial charge >= 0.3 is 0 Å². The van der Waals surface area contributed by atoms with Crippen molar-refractivity contribution < 1.29 is 9.72 Å². The normalized spacial score (nSPS) is 12.5. The van der Waals surface area contributed by atoms with Gasteiger partial charge in [0.05, 0.1) is 4.92 Å². The van der Waals surface area contributed by atoms with Crippen LogP contribution in [0.15, 0.2) is 24.4 Å². The van der Waals surface area contributed by atoms with E-state index >= 15 is 0 Å². The predicted molar refractivity (Wildman–Crippen MR) is 73.4 cm³/mol. The third-order valence-electron chi connectivity index (χ3n) is 3.42. The van der Waals surface area contributed by atoms with Gasteiger partial charge in [-0.1, -0.05) is 32.4 Å². The van der Waals surface area contributed by atoms with E-state index in [1.807, 2.05) is 13.8 Å². The van der Waals surface area contributed by atoms with Gasteiger partial charge in [-0.15, -0.1) is 0 Å². The first-order chi connectivity index (χ1) is 9.04. The standard InChI is InChI=1S/C14H16N2O3/c1-3-9(2)7-13(17)11-8-15-14-10(11)5-4-6-12(14)16(18)19/h4-6,8-9,15H,3,7H2,1-2H3. The number of hydrogen-bond acceptors (Lipinski definition) is 3. The van der Waals surface area contributed by atoms with E-state index < -0.39 is 4.92 Å². The fourth-order valence-electron chi connectivity index (χ4n) is 2.09. The molecule has 0 radical (unpaired) electrons. The lowest BCUT2D eigenvalue weighted by molar-refractivity contribution is -0.383. The van der Waals surface area contributed by atoms with Crippen molar-refractivity contribution in [2.45, 2.75) is 26.7 Å². The van der Waals surface area contributed by atoms with Crippen molar-refractivity contribution in [3.63, 3.8) is 0 Å². The Morgan fingerprint density at radius 1 is 1.47 bits per heavy atom. The highest BCUT2D eigenvalue weighted by atomic mass is 16.6. The second-order valence-corrected chi connectivity index (χ2v) is 4.80. The molecule has 1 atom stereocenters. The molecule has 0 saturated carbocycles. The summed E-state index contributed by atoms with van der Waals surface area (Å²) in [5, 5.41) is 11.5. The highest BCUT2D eigenvalue weighted by Crippen LogP contribution is 2.28. The van der Waals surface area contributed by atoms with Crippen molar-refractivity contribution in [2.75, 3.05) is 0 Å². The van der Waals surface area contributed by atoms with E-state index in [1.54, 1.807) is 18.3 Å². The summed E-state index contributed by atoms with van der Waals surface area (Å²) in [4.78, 5) is 25.5. The van der Waals surface area contributed by atoms with Crippen LogP contribution in [0, 0.1) is 16.0 Å². The number of nitrogens with zero attached hydrogens (tertiary/aromatic N) is 1. The Hall–Kier alpha value is -2.17. The van der Waals surface area contributed by atoms with Crippen LogP contribution in [0.25, 0.3) is 10.9 Å². The molecular formula is C14H16N2O3. The Bertz CT molecular complexity index is 631. The smallest absolute Gasteiger partial charge is 0.293 e. The minimum absolute atomic E-state index is 0.0000833. The lowest BCUT2D eigenvalue weighted by Gasteiger charge is -2.06. The lowest BCUT2D eigenvalue weighted by atomic mass is 9.97. The molecule has 0 aliphatic rings. The van der Waals surface area contributed by atoms with Crippen molar-refractivity contribution in [1.82, 2.24) is 4.98 Å². The molecule has 1 unspecified atom stereocenters. The fraction of sp³-hybridized carbons (Fsp3) is 0.357. The van der Waals surface area contributed by atoms with Gasteiger partial charge in [-0.2, -0.15) is 0 Å². The summed E-state index contributed by atoms with van der Waals surface area (Å²) in [5.41, 5.74) is 0.957. The molecule has 0 fully saturated rings. The molecular weight excluding hydrogens is 244 g/mol. The lowest BCUT2D eigenvalue weighted by Crippen LogP contribution is -2.04. The van der Waals surface area contributed by atoms with Gasteiger partial charge in [0.1, 0.15) is 5.52 Å². The molecule has 0 spiro atoms. The van der Waals surface area contributed by atoms with E-state index in [-0.39, 0.29) is 11.5 Å². The molecule has 0 aliphatic carbocycles. The van der Waals surface area contributed by atoms with Gasteiger partial charge in [0.25, 0.3) is 5.69 Å². The molecule has 1 N–H and O–H groups in total. The number of aromatic nitrogens is 1. The first kappa shape index (κ1) is 13.3. The fourth-order valence-corrected chi connectivity index (χ4v) is 2.09. The summed E-state index contributed by atoms with van der Waals surface area (Å²) >= 11 is 0. The molecule has 19 heavy (non-hydrogen) atoms. The van der Waals surface area contributed by atoms with Gasteiger partial charge < -0.3 is 4.98 Å². The Balaban J connectivity index is 2.44. The Kier molecular flexibility index (Phi) is 3.64. The van der Waals surface area contributed by atoms with Crippen molar-refractivity contribution in [1.29, 1.82) is 0 Å². The average Bonchev–Trinajstić information content (AvgIpc) is 2.81. The molecule has 0 saturated heterocycles. The van der Waals surface area contributed by atoms with E-state index in [9.17, 15) is 14.9 Å². The maximum atomic E-state index is 12.2. The van der Waals surface area contributed by atoms with E-state index in [0.717, 1.165) is 6.42 Å². The Morgan fingerprint density at radius 2 is 2.21 bits per heavy atom. The Labute approximate surface area is 110 Å². The molecule has 2 rings (SSSR count). The molecule has 1 aromatic carbocycles. The topological polar surface area (TPSA) is 76.0 Å². The van der Waals surface area contributed by atoms with Crippen molar-refractivity contribution >= 4 is 22.4 Å². The van der Waals surface area contributed by atoms with Gasteiger partial charge in [0.2, 0.25) is 0 Å². The number of nitro benzene ring substituents is 1. The number of nitro groups is 1. The van der Waals surface area contributed by atoms with Crippen LogP contribution in [0.2, 0.25) is 0 Å². The van der Waals surface area contributed by atoms with Crippen LogP contribution in [0.3, 0.4) is 0 Å². The summed E-state index contributed by atoms with van der Waals surface area (Å²) in [6.07, 6.45) is 2.97. The summed E-state index contributed by atoms with van der Waals surface area (Å²) in [6.45, 7) is 4.06. The quantitative estimate of drug-likeness (QED) is 0.506. The summed E-state index contributed by atoms with van der Waals surface area (Å²) in [7, 11) is 0. The van der Waals surface area contributed by atoms with E-state index in [4.69, 9.17) is 0 Å². The number of non-ortho nitro benzene ring substituents is 1. The number of Topliss-reactive ketones (excluding diaryl/α,β-unsaturated/α-hetero) is 1. The Morgan fingerprint density at radius 3 is 2.84 bits per heavy atom. The zero-order chi connectivity index (χ0) is 14.0. The second-order valence-electron chi connectivity index (χ2n) is 4.80. The molecule has 5 heteroatoms. The van der Waals surface area contributed by atoms with Gasteiger partial charge in [-0.25, -0.2) is 0 Å². The number of hydrogen-bond donors (Lipinski definition) is 1. The van der Waals surface area contributed by atoms with E-state index in [0.29, 0.717) is 28.8 Å². The number of ketones is 1. The molecule has 1 heterocycles. The van der Waals surface area contributed by atoms with Gasteiger partial charge in [-0.3, -0.25) is 14.9 Å². The minimum Gasteiger partial charge on any atom is -0.355 e. The van der Waals surface area contributed by atoms with Crippen LogP contribution < -0.4 is 0 Å². The number of carbonyl (C=O) groups excluding carboxylic acids is 1. The number of aromatic amines is 1. The molecule has 5 nitrogen and oxygen atoms in total. The van der Waals surface area contributed by atoms with Gasteiger partial charge in [-0.05, 0) is 5.92 Å². The maximum Gasteiger partial charge on any atom is 0.293 e. The molecule has 0 amide bonds. The molecule has 100 valence electrons. The highest BCUT2D eigenvalue weighted by molar-refractivity contribution is 6.09. The van der Waals surface area contributed by atoms with Crippen molar-refractivity contribution in [3.8, 4) is 0 Å². The van der Waals surface area contributed by atoms with Crippen LogP contribution in [0.1, 0.15) is 37.0 Å². The van der Waals surface area contributed by atoms with Gasteiger partial charge in [0.15, 0.2) is 5.78 Å². The van der Waals surface area contributed by atoms with Crippen LogP contribution in [-0.4, -0.2) is 15.7 Å². The third-order valence-corrected chi connectivity index (χ3v) is 3.42. The zero-order valence-corrected chi connectivity index (χ0v) is 11.0. The third kappa shape index (κ3) is 2.50. The van der Waals surface area contributed by atoms with Crippen molar-refractivity contribution in [2.24, 2.45) is 5.92 Å². The largest absolute Gasteiger partial charge is 0.355 e. The van der Waals surface area contributed by atoms with Crippen LogP contribution >= 0.6 is 0 Å². The van der Waals surface area contributed by atoms with E-state index in [1.165, 1.54) is 6.07 Å². The SMILES string of the molecule is CCC(C)CC(=O)c1c[nH]c2c([N+](=O)[O-])cccc12. The van der Waals surface area contributed by atoms with Crippen molar-refractivity contribution in [3.05, 3.63) is 40.1 Å². The monoisotopic (exact) mass is 260 g/mol. The number of carbonyl (C=O) groups is 1. The summed E-state index contributed by atoms with van der Waals surface area (Å²) < 4.78 is 0. The van der Waals surface area contributed by atoms with Crippen LogP contribution in [0.4, 0.5) is 5.69 Å². The summed E-state index contributed by atoms with van der Waals surface area (Å²) in [6, 6.07) is 4.78. The van der Waals surface area contributed by atoms with Crippen LogP contribution in [0.5, 0.6) is 0 Å². The first-order valence-electron chi connectivity index (χ1n) is 6.32. The number of benzene rings is 1. The number of nitrogens with one attached hydrogen (secondary N) is 1. The minimum atomic E-state index is -0.443. The number of fused-ring (bicyclic) bond motifs is 1. The van der Waals surface area contributed by atoms with E-state index in [2.05, 4.69) is 4.98 Å². The number of H-pyrrole nitrogens is 1. The molecule has 1 aromatic heterocycles.